The molecule has 1 N–H and O–H groups in total. The average molecular weight is 371 g/mol. The number of hydrogen-bond donors (Lipinski definition) is 1. The zero-order valence-corrected chi connectivity index (χ0v) is 15.0. The van der Waals surface area contributed by atoms with Crippen molar-refractivity contribution < 1.29 is 18.4 Å². The van der Waals surface area contributed by atoms with Gasteiger partial charge in [-0.15, -0.1) is 0 Å². The van der Waals surface area contributed by atoms with E-state index in [4.69, 9.17) is 4.42 Å². The van der Waals surface area contributed by atoms with E-state index >= 15 is 0 Å². The predicted octanol–water partition coefficient (Wildman–Crippen LogP) is 2.03. The lowest BCUT2D eigenvalue weighted by atomic mass is 9.97. The number of nitrogens with one attached hydrogen (secondary N) is 1. The molecule has 2 fully saturated rings. The lowest BCUT2D eigenvalue weighted by Crippen LogP contribution is -2.55. The van der Waals surface area contributed by atoms with E-state index in [1.54, 1.807) is 17.0 Å². The van der Waals surface area contributed by atoms with Gasteiger partial charge in [0, 0.05) is 39.1 Å². The third kappa shape index (κ3) is 3.88. The van der Waals surface area contributed by atoms with Gasteiger partial charge >= 0.3 is 0 Å². The van der Waals surface area contributed by atoms with Gasteiger partial charge in [-0.1, -0.05) is 12.1 Å². The fraction of sp³-hybridized carbons (Fsp3) is 0.400. The van der Waals surface area contributed by atoms with Crippen LogP contribution in [0.3, 0.4) is 0 Å². The minimum atomic E-state index is -0.472. The van der Waals surface area contributed by atoms with Gasteiger partial charge in [0.1, 0.15) is 12.1 Å². The molecule has 27 heavy (non-hydrogen) atoms. The molecule has 2 aliphatic heterocycles. The van der Waals surface area contributed by atoms with Crippen molar-refractivity contribution >= 4 is 11.8 Å². The maximum Gasteiger partial charge on any atom is 0.257 e. The molecule has 2 amide bonds. The van der Waals surface area contributed by atoms with Crippen LogP contribution in [0, 0.1) is 5.82 Å². The van der Waals surface area contributed by atoms with E-state index < -0.39 is 5.54 Å². The number of nitrogens with zero attached hydrogens (tertiary/aromatic N) is 2. The molecule has 0 radical (unpaired) electrons. The highest BCUT2D eigenvalue weighted by molar-refractivity contribution is 5.94. The van der Waals surface area contributed by atoms with Crippen LogP contribution in [-0.2, 0) is 11.3 Å². The first-order valence-electron chi connectivity index (χ1n) is 9.12. The van der Waals surface area contributed by atoms with Gasteiger partial charge in [-0.05, 0) is 30.2 Å². The van der Waals surface area contributed by atoms with Gasteiger partial charge in [-0.3, -0.25) is 14.5 Å². The molecule has 0 saturated carbocycles. The van der Waals surface area contributed by atoms with Gasteiger partial charge in [0.05, 0.1) is 17.4 Å². The van der Waals surface area contributed by atoms with Crippen LogP contribution in [0.25, 0.3) is 0 Å². The molecule has 2 saturated heterocycles. The molecule has 2 aliphatic rings. The van der Waals surface area contributed by atoms with Crippen LogP contribution in [0.2, 0.25) is 0 Å². The number of hydrogen-bond acceptors (Lipinski definition) is 4. The van der Waals surface area contributed by atoms with Crippen molar-refractivity contribution in [1.82, 2.24) is 15.1 Å². The predicted molar refractivity (Wildman–Crippen MR) is 96.4 cm³/mol. The molecule has 3 heterocycles. The summed E-state index contributed by atoms with van der Waals surface area (Å²) in [4.78, 5) is 28.8. The molecule has 142 valence electrons. The van der Waals surface area contributed by atoms with Crippen molar-refractivity contribution in [3.05, 3.63) is 59.8 Å². The zero-order valence-electron chi connectivity index (χ0n) is 15.0. The molecule has 0 bridgehead atoms. The number of carbonyl (C=O) groups excluding carboxylic acids is 2. The summed E-state index contributed by atoms with van der Waals surface area (Å²) in [6.45, 7) is 2.86. The van der Waals surface area contributed by atoms with Crippen LogP contribution in [0.1, 0.15) is 28.8 Å². The van der Waals surface area contributed by atoms with E-state index in [0.717, 1.165) is 5.56 Å². The Labute approximate surface area is 156 Å². The topological polar surface area (TPSA) is 65.8 Å². The highest BCUT2D eigenvalue weighted by Crippen LogP contribution is 2.27. The first kappa shape index (κ1) is 17.7. The van der Waals surface area contributed by atoms with Crippen molar-refractivity contribution in [3.8, 4) is 0 Å². The standard InChI is InChI=1S/C20H22FN3O3/c21-17-3-1-2-15(10-17)11-23-7-4-18(25)22-20(13-23)6-8-24(14-20)19(26)16-5-9-27-12-16/h1-3,5,9-10,12H,4,6-8,11,13-14H2,(H,22,25). The summed E-state index contributed by atoms with van der Waals surface area (Å²) in [5.41, 5.74) is 0.924. The molecule has 7 heteroatoms. The molecule has 2 aromatic rings. The molecular formula is C20H22FN3O3. The highest BCUT2D eigenvalue weighted by atomic mass is 19.1. The van der Waals surface area contributed by atoms with E-state index in [-0.39, 0.29) is 17.6 Å². The van der Waals surface area contributed by atoms with Crippen LogP contribution < -0.4 is 5.32 Å². The summed E-state index contributed by atoms with van der Waals surface area (Å²) in [5, 5.41) is 3.14. The van der Waals surface area contributed by atoms with E-state index in [1.807, 2.05) is 6.07 Å². The van der Waals surface area contributed by atoms with Crippen LogP contribution in [0.15, 0.2) is 47.3 Å². The Balaban J connectivity index is 1.49. The van der Waals surface area contributed by atoms with Crippen molar-refractivity contribution in [3.63, 3.8) is 0 Å². The third-order valence-electron chi connectivity index (χ3n) is 5.29. The molecule has 6 nitrogen and oxygen atoms in total. The van der Waals surface area contributed by atoms with Crippen LogP contribution in [0.4, 0.5) is 4.39 Å². The van der Waals surface area contributed by atoms with Crippen molar-refractivity contribution in [2.24, 2.45) is 0 Å². The normalized spacial score (nSPS) is 23.4. The first-order valence-corrected chi connectivity index (χ1v) is 9.12. The number of rotatable bonds is 3. The largest absolute Gasteiger partial charge is 0.472 e. The van der Waals surface area contributed by atoms with Crippen molar-refractivity contribution in [2.75, 3.05) is 26.2 Å². The Morgan fingerprint density at radius 2 is 2.15 bits per heavy atom. The molecule has 1 unspecified atom stereocenters. The number of furan rings is 1. The summed E-state index contributed by atoms with van der Waals surface area (Å²) in [5.74, 6) is -0.353. The summed E-state index contributed by atoms with van der Waals surface area (Å²) >= 11 is 0. The van der Waals surface area contributed by atoms with E-state index in [9.17, 15) is 14.0 Å². The lowest BCUT2D eigenvalue weighted by Gasteiger charge is -2.33. The molecule has 1 aromatic carbocycles. The van der Waals surface area contributed by atoms with Gasteiger partial charge in [0.2, 0.25) is 5.91 Å². The minimum Gasteiger partial charge on any atom is -0.472 e. The summed E-state index contributed by atoms with van der Waals surface area (Å²) in [7, 11) is 0. The fourth-order valence-electron chi connectivity index (χ4n) is 4.04. The Kier molecular flexibility index (Phi) is 4.70. The lowest BCUT2D eigenvalue weighted by molar-refractivity contribution is -0.122. The maximum atomic E-state index is 13.5. The number of amides is 2. The smallest absolute Gasteiger partial charge is 0.257 e. The highest BCUT2D eigenvalue weighted by Gasteiger charge is 2.43. The van der Waals surface area contributed by atoms with Gasteiger partial charge in [0.15, 0.2) is 0 Å². The molecule has 1 atom stereocenters. The van der Waals surface area contributed by atoms with Crippen molar-refractivity contribution in [1.29, 1.82) is 0 Å². The Morgan fingerprint density at radius 1 is 1.26 bits per heavy atom. The Bertz CT molecular complexity index is 839. The van der Waals surface area contributed by atoms with Gasteiger partial charge < -0.3 is 14.6 Å². The first-order chi connectivity index (χ1) is 13.0. The van der Waals surface area contributed by atoms with Crippen LogP contribution >= 0.6 is 0 Å². The third-order valence-corrected chi connectivity index (χ3v) is 5.29. The summed E-state index contributed by atoms with van der Waals surface area (Å²) < 4.78 is 18.5. The van der Waals surface area contributed by atoms with Gasteiger partial charge in [-0.25, -0.2) is 4.39 Å². The summed E-state index contributed by atoms with van der Waals surface area (Å²) in [6.07, 6.45) is 4.01. The fourth-order valence-corrected chi connectivity index (χ4v) is 4.04. The maximum absolute atomic E-state index is 13.5. The molecular weight excluding hydrogens is 349 g/mol. The van der Waals surface area contributed by atoms with Gasteiger partial charge in [0.25, 0.3) is 5.91 Å². The second-order valence-corrected chi connectivity index (χ2v) is 7.41. The van der Waals surface area contributed by atoms with Crippen LogP contribution in [-0.4, -0.2) is 53.3 Å². The summed E-state index contributed by atoms with van der Waals surface area (Å²) in [6, 6.07) is 8.18. The minimum absolute atomic E-state index is 0.00523. The van der Waals surface area contributed by atoms with E-state index in [0.29, 0.717) is 51.1 Å². The molecule has 0 aliphatic carbocycles. The zero-order chi connectivity index (χ0) is 18.9. The average Bonchev–Trinajstić information content (AvgIpc) is 3.27. The quantitative estimate of drug-likeness (QED) is 0.897. The Morgan fingerprint density at radius 3 is 2.93 bits per heavy atom. The monoisotopic (exact) mass is 371 g/mol. The Hall–Kier alpha value is -2.67. The molecule has 4 rings (SSSR count). The van der Waals surface area contributed by atoms with Crippen molar-refractivity contribution in [2.45, 2.75) is 24.9 Å². The second kappa shape index (κ2) is 7.15. The van der Waals surface area contributed by atoms with Crippen LogP contribution in [0.5, 0.6) is 0 Å². The van der Waals surface area contributed by atoms with E-state index in [1.165, 1.54) is 24.7 Å². The molecule has 1 aromatic heterocycles. The number of halogens is 1. The molecule has 1 spiro atoms. The van der Waals surface area contributed by atoms with Gasteiger partial charge in [-0.2, -0.15) is 0 Å². The second-order valence-electron chi connectivity index (χ2n) is 7.41. The number of likely N-dealkylation sites (tertiary alicyclic amines) is 1. The number of carbonyl (C=O) groups is 2. The number of benzene rings is 1. The SMILES string of the molecule is O=C1CCN(Cc2cccc(F)c2)CC2(CCN(C(=O)c3ccoc3)C2)N1. The van der Waals surface area contributed by atoms with E-state index in [2.05, 4.69) is 10.2 Å².